The van der Waals surface area contributed by atoms with Gasteiger partial charge in [-0.2, -0.15) is 5.26 Å². The third-order valence-electron chi connectivity index (χ3n) is 5.50. The van der Waals surface area contributed by atoms with E-state index in [1.807, 2.05) is 30.5 Å². The summed E-state index contributed by atoms with van der Waals surface area (Å²) in [7, 11) is 0. The molecule has 1 amide bonds. The van der Waals surface area contributed by atoms with E-state index in [0.29, 0.717) is 25.9 Å². The first-order chi connectivity index (χ1) is 15.0. The molecule has 1 aliphatic rings. The fraction of sp³-hybridized carbons (Fsp3) is 0.304. The second-order valence-electron chi connectivity index (χ2n) is 7.75. The summed E-state index contributed by atoms with van der Waals surface area (Å²) in [6, 6.07) is 15.1. The summed E-state index contributed by atoms with van der Waals surface area (Å²) in [4.78, 5) is 14.2. The first-order valence-electron chi connectivity index (χ1n) is 10.2. The van der Waals surface area contributed by atoms with Crippen molar-refractivity contribution in [1.82, 2.24) is 19.9 Å². The van der Waals surface area contributed by atoms with Gasteiger partial charge in [-0.15, -0.1) is 5.10 Å². The van der Waals surface area contributed by atoms with Crippen LogP contribution in [0.25, 0.3) is 11.3 Å². The molecule has 0 aliphatic carbocycles. The standard InChI is InChI=1S/C23H23FN6O/c24-19-9-5-17(6-10-19)14-29-15-22(27-28-29)18-7-3-16(4-8-18)12-21(26)23(31)30-11-1-2-20(30)13-25/h3-10,15,20-21H,1-2,11-12,14,26H2/t20?,21-/m0/s1. The summed E-state index contributed by atoms with van der Waals surface area (Å²) in [6.45, 7) is 1.10. The SMILES string of the molecule is N#CC1CCCN1C(=O)[C@@H](N)Cc1ccc(-c2cn(Cc3ccc(F)cc3)nn2)cc1. The van der Waals surface area contributed by atoms with Crippen molar-refractivity contribution in [3.05, 3.63) is 71.7 Å². The van der Waals surface area contributed by atoms with Crippen LogP contribution < -0.4 is 5.73 Å². The van der Waals surface area contributed by atoms with E-state index in [1.54, 1.807) is 21.7 Å². The van der Waals surface area contributed by atoms with Crippen LogP contribution in [0.3, 0.4) is 0 Å². The average Bonchev–Trinajstić information content (AvgIpc) is 3.45. The number of aromatic nitrogens is 3. The molecular weight excluding hydrogens is 395 g/mol. The minimum atomic E-state index is -0.670. The number of carbonyl (C=O) groups excluding carboxylic acids is 1. The van der Waals surface area contributed by atoms with Crippen molar-refractivity contribution in [2.45, 2.75) is 37.9 Å². The van der Waals surface area contributed by atoms with Gasteiger partial charge in [0.05, 0.1) is 24.9 Å². The van der Waals surface area contributed by atoms with Gasteiger partial charge >= 0.3 is 0 Å². The van der Waals surface area contributed by atoms with Crippen molar-refractivity contribution in [2.75, 3.05) is 6.54 Å². The molecule has 8 heteroatoms. The number of carbonyl (C=O) groups is 1. The van der Waals surface area contributed by atoms with Crippen LogP contribution in [0.5, 0.6) is 0 Å². The molecule has 2 heterocycles. The minimum Gasteiger partial charge on any atom is -0.325 e. The summed E-state index contributed by atoms with van der Waals surface area (Å²) in [5, 5.41) is 17.5. The van der Waals surface area contributed by atoms with Crippen LogP contribution in [-0.4, -0.2) is 44.4 Å². The third kappa shape index (κ3) is 4.78. The Balaban J connectivity index is 1.38. The summed E-state index contributed by atoms with van der Waals surface area (Å²) >= 11 is 0. The molecule has 0 saturated carbocycles. The molecule has 0 bridgehead atoms. The summed E-state index contributed by atoms with van der Waals surface area (Å²) < 4.78 is 14.7. The van der Waals surface area contributed by atoms with Gasteiger partial charge in [0.2, 0.25) is 5.91 Å². The number of halogens is 1. The predicted molar refractivity (Wildman–Crippen MR) is 113 cm³/mol. The molecular formula is C23H23FN6O. The third-order valence-corrected chi connectivity index (χ3v) is 5.50. The van der Waals surface area contributed by atoms with Crippen molar-refractivity contribution < 1.29 is 9.18 Å². The van der Waals surface area contributed by atoms with Gasteiger partial charge in [0.1, 0.15) is 17.6 Å². The Morgan fingerprint density at radius 2 is 1.90 bits per heavy atom. The maximum absolute atomic E-state index is 13.0. The Morgan fingerprint density at radius 1 is 1.19 bits per heavy atom. The van der Waals surface area contributed by atoms with Gasteiger partial charge in [-0.3, -0.25) is 4.79 Å². The van der Waals surface area contributed by atoms with Crippen LogP contribution in [0.2, 0.25) is 0 Å². The average molecular weight is 418 g/mol. The molecule has 1 saturated heterocycles. The van der Waals surface area contributed by atoms with Gasteiger partial charge in [-0.25, -0.2) is 9.07 Å². The fourth-order valence-corrected chi connectivity index (χ4v) is 3.82. The van der Waals surface area contributed by atoms with E-state index in [0.717, 1.165) is 28.8 Å². The highest BCUT2D eigenvalue weighted by Crippen LogP contribution is 2.20. The lowest BCUT2D eigenvalue weighted by Crippen LogP contribution is -2.46. The van der Waals surface area contributed by atoms with Crippen molar-refractivity contribution in [3.8, 4) is 17.3 Å². The lowest BCUT2D eigenvalue weighted by molar-refractivity contribution is -0.132. The predicted octanol–water partition coefficient (Wildman–Crippen LogP) is 2.52. The van der Waals surface area contributed by atoms with Crippen LogP contribution in [0.1, 0.15) is 24.0 Å². The maximum atomic E-state index is 13.0. The van der Waals surface area contributed by atoms with E-state index in [4.69, 9.17) is 5.73 Å². The zero-order chi connectivity index (χ0) is 21.8. The molecule has 31 heavy (non-hydrogen) atoms. The van der Waals surface area contributed by atoms with Gasteiger partial charge in [0.15, 0.2) is 0 Å². The number of amides is 1. The molecule has 2 N–H and O–H groups in total. The zero-order valence-corrected chi connectivity index (χ0v) is 17.0. The fourth-order valence-electron chi connectivity index (χ4n) is 3.82. The van der Waals surface area contributed by atoms with Crippen LogP contribution >= 0.6 is 0 Å². The highest BCUT2D eigenvalue weighted by molar-refractivity contribution is 5.83. The maximum Gasteiger partial charge on any atom is 0.240 e. The number of benzene rings is 2. The van der Waals surface area contributed by atoms with Crippen molar-refractivity contribution >= 4 is 5.91 Å². The van der Waals surface area contributed by atoms with E-state index in [1.165, 1.54) is 12.1 Å². The van der Waals surface area contributed by atoms with E-state index in [-0.39, 0.29) is 17.8 Å². The zero-order valence-electron chi connectivity index (χ0n) is 17.0. The Hall–Kier alpha value is -3.57. The molecule has 0 radical (unpaired) electrons. The number of likely N-dealkylation sites (tertiary alicyclic amines) is 1. The molecule has 2 aromatic carbocycles. The van der Waals surface area contributed by atoms with E-state index in [2.05, 4.69) is 16.4 Å². The number of hydrogen-bond acceptors (Lipinski definition) is 5. The van der Waals surface area contributed by atoms with Crippen LogP contribution in [0, 0.1) is 17.1 Å². The molecule has 2 atom stereocenters. The molecule has 1 unspecified atom stereocenters. The monoisotopic (exact) mass is 418 g/mol. The second kappa shape index (κ2) is 9.06. The number of nitriles is 1. The topological polar surface area (TPSA) is 101 Å². The molecule has 3 aromatic rings. The first kappa shape index (κ1) is 20.7. The van der Waals surface area contributed by atoms with Crippen LogP contribution in [0.4, 0.5) is 4.39 Å². The molecule has 0 spiro atoms. The lowest BCUT2D eigenvalue weighted by atomic mass is 10.0. The normalized spacial score (nSPS) is 16.8. The molecule has 158 valence electrons. The van der Waals surface area contributed by atoms with Gasteiger partial charge in [0.25, 0.3) is 0 Å². The molecule has 1 aromatic heterocycles. The highest BCUT2D eigenvalue weighted by atomic mass is 19.1. The van der Waals surface area contributed by atoms with Gasteiger partial charge in [-0.1, -0.05) is 41.6 Å². The number of nitrogens with zero attached hydrogens (tertiary/aromatic N) is 5. The first-order valence-corrected chi connectivity index (χ1v) is 10.2. The summed E-state index contributed by atoms with van der Waals surface area (Å²) in [6.07, 6.45) is 3.80. The minimum absolute atomic E-state index is 0.170. The van der Waals surface area contributed by atoms with Crippen molar-refractivity contribution in [1.29, 1.82) is 5.26 Å². The summed E-state index contributed by atoms with van der Waals surface area (Å²) in [5.74, 6) is -0.438. The van der Waals surface area contributed by atoms with Crippen LogP contribution in [-0.2, 0) is 17.8 Å². The van der Waals surface area contributed by atoms with E-state index in [9.17, 15) is 14.4 Å². The number of hydrogen-bond donors (Lipinski definition) is 1. The van der Waals surface area contributed by atoms with Crippen molar-refractivity contribution in [2.24, 2.45) is 5.73 Å². The van der Waals surface area contributed by atoms with E-state index >= 15 is 0 Å². The second-order valence-corrected chi connectivity index (χ2v) is 7.75. The Labute approximate surface area is 179 Å². The van der Waals surface area contributed by atoms with Crippen molar-refractivity contribution in [3.63, 3.8) is 0 Å². The Morgan fingerprint density at radius 3 is 2.61 bits per heavy atom. The van der Waals surface area contributed by atoms with E-state index < -0.39 is 6.04 Å². The Bertz CT molecular complexity index is 1090. The number of nitrogens with two attached hydrogens (primary N) is 1. The van der Waals surface area contributed by atoms with Gasteiger partial charge in [0, 0.05) is 12.1 Å². The lowest BCUT2D eigenvalue weighted by Gasteiger charge is -2.23. The highest BCUT2D eigenvalue weighted by Gasteiger charge is 2.31. The largest absolute Gasteiger partial charge is 0.325 e. The smallest absolute Gasteiger partial charge is 0.240 e. The molecule has 7 nitrogen and oxygen atoms in total. The van der Waals surface area contributed by atoms with Gasteiger partial charge in [-0.05, 0) is 42.5 Å². The quantitative estimate of drug-likeness (QED) is 0.663. The molecule has 1 aliphatic heterocycles. The number of rotatable bonds is 6. The summed E-state index contributed by atoms with van der Waals surface area (Å²) in [5.41, 5.74) is 9.63. The van der Waals surface area contributed by atoms with Crippen LogP contribution in [0.15, 0.2) is 54.7 Å². The molecule has 4 rings (SSSR count). The molecule has 1 fully saturated rings. The van der Waals surface area contributed by atoms with Gasteiger partial charge < -0.3 is 10.6 Å². The Kier molecular flexibility index (Phi) is 6.05.